The van der Waals surface area contributed by atoms with Crippen LogP contribution in [0.25, 0.3) is 33.4 Å². The third-order valence-electron chi connectivity index (χ3n) is 6.35. The van der Waals surface area contributed by atoms with E-state index >= 15 is 0 Å². The highest BCUT2D eigenvalue weighted by Gasteiger charge is 2.35. The molecule has 2 unspecified atom stereocenters. The van der Waals surface area contributed by atoms with E-state index in [0.29, 0.717) is 34.5 Å². The number of alkyl halides is 3. The molecule has 4 aromatic carbocycles. The fourth-order valence-electron chi connectivity index (χ4n) is 4.22. The molecule has 2 atom stereocenters. The second-order valence-corrected chi connectivity index (χ2v) is 9.29. The summed E-state index contributed by atoms with van der Waals surface area (Å²) in [7, 11) is 0. The molecule has 0 aliphatic carbocycles. The molecule has 6 rings (SSSR count). The molecule has 0 spiro atoms. The lowest BCUT2D eigenvalue weighted by atomic mass is 9.88. The molecule has 0 aromatic heterocycles. The van der Waals surface area contributed by atoms with Crippen LogP contribution in [0.2, 0.25) is 0 Å². The first-order valence-electron chi connectivity index (χ1n) is 12.5. The SMILES string of the molecule is C(OCC1CO1)C1CO1.Oc1ccccc1-c1ccc(-c2c(O)ccc(C(F)(F)F)c2-c2ccccc2)cc1. The molecule has 0 radical (unpaired) electrons. The van der Waals surface area contributed by atoms with Crippen LogP contribution >= 0.6 is 0 Å². The Morgan fingerprint density at radius 2 is 1.18 bits per heavy atom. The van der Waals surface area contributed by atoms with Gasteiger partial charge in [0.1, 0.15) is 23.7 Å². The summed E-state index contributed by atoms with van der Waals surface area (Å²) in [5, 5.41) is 20.6. The van der Waals surface area contributed by atoms with Crippen molar-refractivity contribution >= 4 is 0 Å². The van der Waals surface area contributed by atoms with E-state index in [1.165, 1.54) is 0 Å². The van der Waals surface area contributed by atoms with E-state index in [1.807, 2.05) is 0 Å². The summed E-state index contributed by atoms with van der Waals surface area (Å²) >= 11 is 0. The second-order valence-electron chi connectivity index (χ2n) is 9.29. The highest BCUT2D eigenvalue weighted by Crippen LogP contribution is 2.46. The number of hydrogen-bond acceptors (Lipinski definition) is 5. The van der Waals surface area contributed by atoms with Crippen LogP contribution < -0.4 is 0 Å². The first-order valence-corrected chi connectivity index (χ1v) is 12.5. The molecule has 8 heteroatoms. The van der Waals surface area contributed by atoms with Crippen LogP contribution in [0.4, 0.5) is 13.2 Å². The van der Waals surface area contributed by atoms with Crippen molar-refractivity contribution in [2.24, 2.45) is 0 Å². The Morgan fingerprint density at radius 3 is 1.74 bits per heavy atom. The van der Waals surface area contributed by atoms with Gasteiger partial charge in [0.15, 0.2) is 0 Å². The Morgan fingerprint density at radius 1 is 0.641 bits per heavy atom. The number of hydrogen-bond donors (Lipinski definition) is 2. The number of epoxide rings is 2. The zero-order valence-electron chi connectivity index (χ0n) is 20.9. The number of ether oxygens (including phenoxy) is 3. The summed E-state index contributed by atoms with van der Waals surface area (Å²) < 4.78 is 56.5. The third-order valence-corrected chi connectivity index (χ3v) is 6.35. The van der Waals surface area contributed by atoms with E-state index in [2.05, 4.69) is 0 Å². The molecule has 5 nitrogen and oxygen atoms in total. The third kappa shape index (κ3) is 6.78. The van der Waals surface area contributed by atoms with E-state index < -0.39 is 11.7 Å². The zero-order valence-corrected chi connectivity index (χ0v) is 20.9. The van der Waals surface area contributed by atoms with Gasteiger partial charge in [-0.25, -0.2) is 0 Å². The largest absolute Gasteiger partial charge is 0.507 e. The number of aromatic hydroxyl groups is 2. The van der Waals surface area contributed by atoms with Crippen molar-refractivity contribution in [3.05, 3.63) is 96.6 Å². The molecule has 2 fully saturated rings. The van der Waals surface area contributed by atoms with Gasteiger partial charge in [-0.1, -0.05) is 72.8 Å². The van der Waals surface area contributed by atoms with E-state index in [9.17, 15) is 23.4 Å². The second kappa shape index (κ2) is 11.5. The van der Waals surface area contributed by atoms with Crippen molar-refractivity contribution in [1.82, 2.24) is 0 Å². The first kappa shape index (κ1) is 26.7. The molecule has 2 aliphatic rings. The molecule has 2 saturated heterocycles. The molecular weight excluding hydrogens is 509 g/mol. The number of phenols is 2. The summed E-state index contributed by atoms with van der Waals surface area (Å²) in [4.78, 5) is 0. The van der Waals surface area contributed by atoms with Gasteiger partial charge in [0.05, 0.1) is 32.0 Å². The maximum Gasteiger partial charge on any atom is 0.417 e. The lowest BCUT2D eigenvalue weighted by Gasteiger charge is -2.19. The van der Waals surface area contributed by atoms with Crippen LogP contribution in [0.5, 0.6) is 11.5 Å². The predicted molar refractivity (Wildman–Crippen MR) is 141 cm³/mol. The lowest BCUT2D eigenvalue weighted by Crippen LogP contribution is -2.08. The highest BCUT2D eigenvalue weighted by atomic mass is 19.4. The van der Waals surface area contributed by atoms with Crippen molar-refractivity contribution < 1.29 is 37.6 Å². The van der Waals surface area contributed by atoms with Gasteiger partial charge in [0.2, 0.25) is 0 Å². The Bertz CT molecular complexity index is 1380. The first-order chi connectivity index (χ1) is 18.8. The summed E-state index contributed by atoms with van der Waals surface area (Å²) in [6, 6.07) is 23.7. The van der Waals surface area contributed by atoms with Crippen LogP contribution in [-0.4, -0.2) is 48.8 Å². The number of rotatable bonds is 7. The summed E-state index contributed by atoms with van der Waals surface area (Å²) in [5.41, 5.74) is 1.35. The molecule has 2 aliphatic heterocycles. The van der Waals surface area contributed by atoms with Crippen molar-refractivity contribution in [2.75, 3.05) is 26.4 Å². The van der Waals surface area contributed by atoms with Crippen molar-refractivity contribution in [3.63, 3.8) is 0 Å². The van der Waals surface area contributed by atoms with E-state index in [0.717, 1.165) is 38.6 Å². The fourth-order valence-corrected chi connectivity index (χ4v) is 4.22. The minimum Gasteiger partial charge on any atom is -0.507 e. The van der Waals surface area contributed by atoms with E-state index in [-0.39, 0.29) is 22.6 Å². The molecule has 39 heavy (non-hydrogen) atoms. The average molecular weight is 537 g/mol. The minimum atomic E-state index is -4.58. The van der Waals surface area contributed by atoms with E-state index in [4.69, 9.17) is 14.2 Å². The summed E-state index contributed by atoms with van der Waals surface area (Å²) in [6.07, 6.45) is -3.80. The number of phenolic OH excluding ortho intramolecular Hbond substituents is 2. The van der Waals surface area contributed by atoms with Gasteiger partial charge in [0, 0.05) is 16.7 Å². The molecule has 2 heterocycles. The number of benzene rings is 4. The van der Waals surface area contributed by atoms with Crippen molar-refractivity contribution in [2.45, 2.75) is 18.4 Å². The maximum absolute atomic E-state index is 13.8. The Balaban J connectivity index is 0.000000287. The van der Waals surface area contributed by atoms with Gasteiger partial charge in [-0.15, -0.1) is 0 Å². The Hall–Kier alpha value is -3.85. The Kier molecular flexibility index (Phi) is 7.88. The predicted octanol–water partition coefficient (Wildman–Crippen LogP) is 6.92. The Labute approximate surface area is 224 Å². The maximum atomic E-state index is 13.8. The van der Waals surface area contributed by atoms with Gasteiger partial charge in [-0.3, -0.25) is 0 Å². The average Bonchev–Trinajstić information content (AvgIpc) is 3.86. The molecule has 202 valence electrons. The van der Waals surface area contributed by atoms with Gasteiger partial charge in [-0.2, -0.15) is 13.2 Å². The summed E-state index contributed by atoms with van der Waals surface area (Å²) in [6.45, 7) is 3.26. The highest BCUT2D eigenvalue weighted by molar-refractivity contribution is 5.90. The standard InChI is InChI=1S/C25H17F3O2.C6H10O3/c26-25(27,28)20-14-15-22(30)24(23(20)17-6-2-1-3-7-17)18-12-10-16(11-13-18)19-8-4-5-9-21(19)29;1(5-3-8-5)7-2-6-4-9-6/h1-15,29-30H;5-6H,1-4H2. The lowest BCUT2D eigenvalue weighted by molar-refractivity contribution is -0.137. The fraction of sp³-hybridized carbons (Fsp3) is 0.226. The number of para-hydroxylation sites is 1. The number of halogens is 3. The zero-order chi connectivity index (χ0) is 27.4. The monoisotopic (exact) mass is 536 g/mol. The van der Waals surface area contributed by atoms with Crippen molar-refractivity contribution in [1.29, 1.82) is 0 Å². The molecular formula is C31H27F3O5. The smallest absolute Gasteiger partial charge is 0.417 e. The molecule has 2 N–H and O–H groups in total. The molecule has 0 amide bonds. The van der Waals surface area contributed by atoms with Crippen molar-refractivity contribution in [3.8, 4) is 44.9 Å². The molecule has 0 saturated carbocycles. The minimum absolute atomic E-state index is 0.0709. The molecule has 4 aromatic rings. The van der Waals surface area contributed by atoms with Crippen LogP contribution in [0.3, 0.4) is 0 Å². The van der Waals surface area contributed by atoms with Crippen LogP contribution in [-0.2, 0) is 20.4 Å². The van der Waals surface area contributed by atoms with Crippen LogP contribution in [0.1, 0.15) is 5.56 Å². The van der Waals surface area contributed by atoms with Gasteiger partial charge < -0.3 is 24.4 Å². The quantitative estimate of drug-likeness (QED) is 0.251. The van der Waals surface area contributed by atoms with Crippen LogP contribution in [0, 0.1) is 0 Å². The van der Waals surface area contributed by atoms with Gasteiger partial charge in [0.25, 0.3) is 0 Å². The van der Waals surface area contributed by atoms with Gasteiger partial charge in [-0.05, 0) is 34.9 Å². The molecule has 0 bridgehead atoms. The summed E-state index contributed by atoms with van der Waals surface area (Å²) in [5.74, 6) is -0.130. The van der Waals surface area contributed by atoms with Crippen LogP contribution in [0.15, 0.2) is 91.0 Å². The topological polar surface area (TPSA) is 74.8 Å². The normalized spacial score (nSPS) is 17.7. The van der Waals surface area contributed by atoms with E-state index in [1.54, 1.807) is 78.9 Å². The van der Waals surface area contributed by atoms with Gasteiger partial charge >= 0.3 is 6.18 Å².